The summed E-state index contributed by atoms with van der Waals surface area (Å²) < 4.78 is 5.10. The molecule has 0 aromatic rings. The molecule has 0 heterocycles. The molecule has 0 aromatic heterocycles. The van der Waals surface area contributed by atoms with Crippen LogP contribution in [0.2, 0.25) is 0 Å². The third-order valence-electron chi connectivity index (χ3n) is 1.88. The quantitative estimate of drug-likeness (QED) is 0.598. The van der Waals surface area contributed by atoms with E-state index >= 15 is 0 Å². The molecular formula is C9H22N2O. The monoisotopic (exact) mass is 174 g/mol. The highest BCUT2D eigenvalue weighted by Gasteiger charge is 2.09. The fraction of sp³-hybridized carbons (Fsp3) is 1.00. The molecule has 0 aliphatic carbocycles. The van der Waals surface area contributed by atoms with E-state index < -0.39 is 0 Å². The van der Waals surface area contributed by atoms with Crippen LogP contribution in [-0.4, -0.2) is 32.3 Å². The van der Waals surface area contributed by atoms with Crippen LogP contribution in [0.25, 0.3) is 0 Å². The number of rotatable bonds is 7. The molecule has 0 fully saturated rings. The van der Waals surface area contributed by atoms with Crippen molar-refractivity contribution in [1.29, 1.82) is 0 Å². The lowest BCUT2D eigenvalue weighted by atomic mass is 10.1. The van der Waals surface area contributed by atoms with Crippen molar-refractivity contribution in [3.63, 3.8) is 0 Å². The smallest absolute Gasteiger partial charge is 0.0615 e. The number of hydrogen-bond acceptors (Lipinski definition) is 3. The first-order valence-corrected chi connectivity index (χ1v) is 4.69. The van der Waals surface area contributed by atoms with Gasteiger partial charge in [0, 0.05) is 25.7 Å². The van der Waals surface area contributed by atoms with Crippen molar-refractivity contribution in [1.82, 2.24) is 5.32 Å². The lowest BCUT2D eigenvalue weighted by Gasteiger charge is -2.21. The second kappa shape index (κ2) is 7.53. The van der Waals surface area contributed by atoms with Crippen LogP contribution >= 0.6 is 0 Å². The van der Waals surface area contributed by atoms with E-state index in [1.165, 1.54) is 6.42 Å². The molecule has 2 atom stereocenters. The number of nitrogens with two attached hydrogens (primary N) is 1. The first-order valence-electron chi connectivity index (χ1n) is 4.69. The van der Waals surface area contributed by atoms with E-state index in [4.69, 9.17) is 10.5 Å². The number of hydrogen-bond donors (Lipinski definition) is 2. The van der Waals surface area contributed by atoms with Gasteiger partial charge in [0.15, 0.2) is 0 Å². The van der Waals surface area contributed by atoms with Crippen LogP contribution in [0.4, 0.5) is 0 Å². The van der Waals surface area contributed by atoms with Gasteiger partial charge in [-0.05, 0) is 13.3 Å². The summed E-state index contributed by atoms with van der Waals surface area (Å²) in [7, 11) is 1.73. The molecule has 0 bridgehead atoms. The molecule has 0 aromatic carbocycles. The van der Waals surface area contributed by atoms with Gasteiger partial charge in [0.25, 0.3) is 0 Å². The fourth-order valence-electron chi connectivity index (χ4n) is 1.23. The average molecular weight is 174 g/mol. The molecule has 0 rings (SSSR count). The Balaban J connectivity index is 3.61. The Morgan fingerprint density at radius 2 is 2.17 bits per heavy atom. The average Bonchev–Trinajstić information content (AvgIpc) is 2.05. The highest BCUT2D eigenvalue weighted by Crippen LogP contribution is 1.98. The van der Waals surface area contributed by atoms with Gasteiger partial charge in [-0.15, -0.1) is 0 Å². The highest BCUT2D eigenvalue weighted by molar-refractivity contribution is 4.70. The number of nitrogens with one attached hydrogen (secondary N) is 1. The van der Waals surface area contributed by atoms with Gasteiger partial charge in [0.1, 0.15) is 0 Å². The molecule has 0 spiro atoms. The molecule has 2 unspecified atom stereocenters. The van der Waals surface area contributed by atoms with Crippen LogP contribution in [0.1, 0.15) is 26.7 Å². The molecule has 0 radical (unpaired) electrons. The Hall–Kier alpha value is -0.120. The molecular weight excluding hydrogens is 152 g/mol. The summed E-state index contributed by atoms with van der Waals surface area (Å²) in [5, 5.41) is 3.42. The lowest BCUT2D eigenvalue weighted by molar-refractivity contribution is 0.157. The molecule has 12 heavy (non-hydrogen) atoms. The first kappa shape index (κ1) is 11.9. The highest BCUT2D eigenvalue weighted by atomic mass is 16.5. The van der Waals surface area contributed by atoms with Gasteiger partial charge in [-0.2, -0.15) is 0 Å². The van der Waals surface area contributed by atoms with Crippen LogP contribution in [0.5, 0.6) is 0 Å². The number of methoxy groups -OCH3 is 1. The summed E-state index contributed by atoms with van der Waals surface area (Å²) in [6, 6.07) is 0.843. The third-order valence-corrected chi connectivity index (χ3v) is 1.88. The third kappa shape index (κ3) is 5.52. The normalized spacial score (nSPS) is 16.0. The van der Waals surface area contributed by atoms with Gasteiger partial charge >= 0.3 is 0 Å². The molecule has 3 N–H and O–H groups in total. The van der Waals surface area contributed by atoms with Crippen molar-refractivity contribution in [3.05, 3.63) is 0 Å². The maximum absolute atomic E-state index is 5.51. The summed E-state index contributed by atoms with van der Waals surface area (Å²) in [5.74, 6) is 0. The fourth-order valence-corrected chi connectivity index (χ4v) is 1.23. The summed E-state index contributed by atoms with van der Waals surface area (Å²) in [6.45, 7) is 5.73. The Morgan fingerprint density at radius 3 is 2.58 bits per heavy atom. The summed E-state index contributed by atoms with van der Waals surface area (Å²) in [5.41, 5.74) is 5.51. The number of ether oxygens (including phenoxy) is 1. The van der Waals surface area contributed by atoms with E-state index in [1.807, 2.05) is 0 Å². The zero-order valence-electron chi connectivity index (χ0n) is 8.47. The zero-order chi connectivity index (χ0) is 9.40. The second-order valence-electron chi connectivity index (χ2n) is 3.24. The first-order chi connectivity index (χ1) is 5.74. The summed E-state index contributed by atoms with van der Waals surface area (Å²) >= 11 is 0. The predicted molar refractivity (Wildman–Crippen MR) is 52.2 cm³/mol. The standard InChI is InChI=1S/C9H22N2O/c1-4-5-9(7-12-3)11-8(2)6-10/h8-9,11H,4-7,10H2,1-3H3. The minimum absolute atomic E-state index is 0.386. The van der Waals surface area contributed by atoms with Crippen molar-refractivity contribution in [3.8, 4) is 0 Å². The van der Waals surface area contributed by atoms with E-state index in [9.17, 15) is 0 Å². The van der Waals surface area contributed by atoms with Crippen molar-refractivity contribution < 1.29 is 4.74 Å². The minimum Gasteiger partial charge on any atom is -0.383 e. The van der Waals surface area contributed by atoms with E-state index in [-0.39, 0.29) is 0 Å². The molecule has 0 aliphatic rings. The largest absolute Gasteiger partial charge is 0.383 e. The van der Waals surface area contributed by atoms with Crippen molar-refractivity contribution in [2.24, 2.45) is 5.73 Å². The van der Waals surface area contributed by atoms with Crippen LogP contribution in [0.3, 0.4) is 0 Å². The van der Waals surface area contributed by atoms with Gasteiger partial charge in [0.2, 0.25) is 0 Å². The predicted octanol–water partition coefficient (Wildman–Crippen LogP) is 0.738. The zero-order valence-corrected chi connectivity index (χ0v) is 8.47. The molecule has 3 nitrogen and oxygen atoms in total. The van der Waals surface area contributed by atoms with Gasteiger partial charge in [0.05, 0.1) is 6.61 Å². The van der Waals surface area contributed by atoms with Crippen molar-refractivity contribution in [2.75, 3.05) is 20.3 Å². The Kier molecular flexibility index (Phi) is 7.45. The summed E-state index contributed by atoms with van der Waals surface area (Å²) in [6.07, 6.45) is 2.33. The van der Waals surface area contributed by atoms with E-state index in [2.05, 4.69) is 19.2 Å². The van der Waals surface area contributed by atoms with Gasteiger partial charge in [-0.1, -0.05) is 13.3 Å². The Bertz CT molecular complexity index is 92.5. The topological polar surface area (TPSA) is 47.3 Å². The van der Waals surface area contributed by atoms with E-state index in [0.29, 0.717) is 18.6 Å². The van der Waals surface area contributed by atoms with Gasteiger partial charge in [-0.3, -0.25) is 0 Å². The molecule has 0 aliphatic heterocycles. The second-order valence-corrected chi connectivity index (χ2v) is 3.24. The minimum atomic E-state index is 0.386. The van der Waals surface area contributed by atoms with Crippen LogP contribution in [-0.2, 0) is 4.74 Å². The van der Waals surface area contributed by atoms with Crippen LogP contribution in [0, 0.1) is 0 Å². The van der Waals surface area contributed by atoms with Crippen molar-refractivity contribution >= 4 is 0 Å². The lowest BCUT2D eigenvalue weighted by Crippen LogP contribution is -2.43. The van der Waals surface area contributed by atoms with Gasteiger partial charge < -0.3 is 15.8 Å². The Labute approximate surface area is 75.7 Å². The van der Waals surface area contributed by atoms with E-state index in [1.54, 1.807) is 7.11 Å². The molecule has 0 amide bonds. The Morgan fingerprint density at radius 1 is 1.50 bits per heavy atom. The van der Waals surface area contributed by atoms with E-state index in [0.717, 1.165) is 13.0 Å². The maximum Gasteiger partial charge on any atom is 0.0615 e. The van der Waals surface area contributed by atoms with Crippen LogP contribution in [0.15, 0.2) is 0 Å². The maximum atomic E-state index is 5.51. The molecule has 3 heteroatoms. The summed E-state index contributed by atoms with van der Waals surface area (Å²) in [4.78, 5) is 0. The molecule has 74 valence electrons. The molecule has 0 saturated heterocycles. The SMILES string of the molecule is CCCC(COC)NC(C)CN. The van der Waals surface area contributed by atoms with Gasteiger partial charge in [-0.25, -0.2) is 0 Å². The molecule has 0 saturated carbocycles. The van der Waals surface area contributed by atoms with Crippen molar-refractivity contribution in [2.45, 2.75) is 38.8 Å². The van der Waals surface area contributed by atoms with Crippen LogP contribution < -0.4 is 11.1 Å².